The van der Waals surface area contributed by atoms with Crippen LogP contribution in [0, 0.1) is 0 Å². The first-order chi connectivity index (χ1) is 20.1. The van der Waals surface area contributed by atoms with Crippen LogP contribution in [0.25, 0.3) is 0 Å². The average Bonchev–Trinajstić information content (AvgIpc) is 2.98. The van der Waals surface area contributed by atoms with Crippen LogP contribution in [0.3, 0.4) is 0 Å². The highest BCUT2D eigenvalue weighted by Crippen LogP contribution is 2.40. The largest absolute Gasteiger partial charge is 0.500 e. The van der Waals surface area contributed by atoms with E-state index in [2.05, 4.69) is 0 Å². The molecule has 0 aromatic heterocycles. The number of rotatable bonds is 11. The fraction of sp³-hybridized carbons (Fsp3) is 0.0625. The normalized spacial score (nSPS) is 11.8. The van der Waals surface area contributed by atoms with E-state index in [4.69, 9.17) is 16.7 Å². The molecule has 5 aromatic rings. The van der Waals surface area contributed by atoms with Gasteiger partial charge in [0.2, 0.25) is 0 Å². The standard InChI is InChI=1S/C32H26O8S2/c1-32(25-11-5-2-6-12-25,26-17-21-30(22-18-26)39-41(33,34)37-28-13-7-3-8-14-28)27-19-23-31(24-20-27)40-42(35,36)38-29-15-9-4-10-16-29/h2-24H,1H3. The third-order valence-corrected chi connectivity index (χ3v) is 8.08. The number of hydrogen-bond donors (Lipinski definition) is 0. The van der Waals surface area contributed by atoms with Gasteiger partial charge in [0.25, 0.3) is 0 Å². The van der Waals surface area contributed by atoms with Crippen molar-refractivity contribution in [3.63, 3.8) is 0 Å². The highest BCUT2D eigenvalue weighted by atomic mass is 32.3. The van der Waals surface area contributed by atoms with Crippen LogP contribution in [0.5, 0.6) is 23.0 Å². The van der Waals surface area contributed by atoms with E-state index in [-0.39, 0.29) is 23.0 Å². The maximum Gasteiger partial charge on any atom is 0.500 e. The molecule has 0 atom stereocenters. The number of hydrogen-bond acceptors (Lipinski definition) is 8. The number of para-hydroxylation sites is 2. The lowest BCUT2D eigenvalue weighted by molar-refractivity contribution is 0.390. The van der Waals surface area contributed by atoms with Crippen LogP contribution in [-0.2, 0) is 26.2 Å². The van der Waals surface area contributed by atoms with Crippen LogP contribution >= 0.6 is 0 Å². The van der Waals surface area contributed by atoms with Crippen LogP contribution in [0.2, 0.25) is 0 Å². The summed E-state index contributed by atoms with van der Waals surface area (Å²) in [7, 11) is -8.71. The molecule has 214 valence electrons. The highest BCUT2D eigenvalue weighted by Gasteiger charge is 2.31. The van der Waals surface area contributed by atoms with Crippen LogP contribution < -0.4 is 16.7 Å². The maximum absolute atomic E-state index is 12.4. The molecule has 0 amide bonds. The summed E-state index contributed by atoms with van der Waals surface area (Å²) < 4.78 is 70.0. The Kier molecular flexibility index (Phi) is 8.19. The van der Waals surface area contributed by atoms with Crippen molar-refractivity contribution in [2.45, 2.75) is 12.3 Å². The van der Waals surface area contributed by atoms with Crippen molar-refractivity contribution in [1.29, 1.82) is 0 Å². The zero-order chi connectivity index (χ0) is 29.6. The molecule has 0 saturated carbocycles. The summed E-state index contributed by atoms with van der Waals surface area (Å²) in [6.07, 6.45) is 0. The summed E-state index contributed by atoms with van der Waals surface area (Å²) in [5, 5.41) is 0. The van der Waals surface area contributed by atoms with Gasteiger partial charge in [-0.25, -0.2) is 0 Å². The van der Waals surface area contributed by atoms with Gasteiger partial charge < -0.3 is 16.7 Å². The minimum Gasteiger partial charge on any atom is -0.353 e. The molecule has 0 heterocycles. The van der Waals surface area contributed by atoms with E-state index in [0.717, 1.165) is 16.7 Å². The second-order valence-corrected chi connectivity index (χ2v) is 11.6. The van der Waals surface area contributed by atoms with Gasteiger partial charge >= 0.3 is 20.8 Å². The van der Waals surface area contributed by atoms with Crippen molar-refractivity contribution in [2.75, 3.05) is 0 Å². The van der Waals surface area contributed by atoms with E-state index in [0.29, 0.717) is 0 Å². The molecular weight excluding hydrogens is 576 g/mol. The second kappa shape index (κ2) is 12.0. The molecule has 0 radical (unpaired) electrons. The molecule has 10 heteroatoms. The van der Waals surface area contributed by atoms with E-state index in [1.807, 2.05) is 37.3 Å². The molecule has 8 nitrogen and oxygen atoms in total. The summed E-state index contributed by atoms with van der Waals surface area (Å²) >= 11 is 0. The Labute approximate surface area is 245 Å². The van der Waals surface area contributed by atoms with Crippen molar-refractivity contribution in [3.05, 3.63) is 156 Å². The van der Waals surface area contributed by atoms with Gasteiger partial charge in [-0.05, 0) is 72.1 Å². The van der Waals surface area contributed by atoms with Crippen molar-refractivity contribution < 1.29 is 33.6 Å². The minimum atomic E-state index is -4.35. The molecule has 0 aliphatic heterocycles. The predicted octanol–water partition coefficient (Wildman–Crippen LogP) is 6.45. The summed E-state index contributed by atoms with van der Waals surface area (Å²) in [6, 6.07) is 39.1. The third-order valence-electron chi connectivity index (χ3n) is 6.49. The molecule has 5 aromatic carbocycles. The van der Waals surface area contributed by atoms with Gasteiger partial charge in [0.1, 0.15) is 23.0 Å². The zero-order valence-corrected chi connectivity index (χ0v) is 24.0. The van der Waals surface area contributed by atoms with Crippen LogP contribution in [0.4, 0.5) is 0 Å². The number of benzene rings is 5. The monoisotopic (exact) mass is 602 g/mol. The summed E-state index contributed by atoms with van der Waals surface area (Å²) in [4.78, 5) is 0. The second-order valence-electron chi connectivity index (χ2n) is 9.32. The molecule has 0 spiro atoms. The summed E-state index contributed by atoms with van der Waals surface area (Å²) in [5.74, 6) is 0.435. The Balaban J connectivity index is 1.39. The molecule has 0 fully saturated rings. The molecule has 42 heavy (non-hydrogen) atoms. The van der Waals surface area contributed by atoms with E-state index >= 15 is 0 Å². The summed E-state index contributed by atoms with van der Waals surface area (Å²) in [5.41, 5.74) is 1.90. The van der Waals surface area contributed by atoms with E-state index in [9.17, 15) is 16.8 Å². The maximum atomic E-state index is 12.4. The van der Waals surface area contributed by atoms with E-state index in [1.165, 1.54) is 24.3 Å². The van der Waals surface area contributed by atoms with Crippen LogP contribution in [-0.4, -0.2) is 16.8 Å². The lowest BCUT2D eigenvalue weighted by Crippen LogP contribution is -2.25. The Bertz CT molecular complexity index is 1710. The molecule has 5 rings (SSSR count). The Morgan fingerprint density at radius 3 is 0.976 bits per heavy atom. The van der Waals surface area contributed by atoms with E-state index in [1.54, 1.807) is 84.9 Å². The molecule has 0 saturated heterocycles. The molecule has 0 aliphatic carbocycles. The van der Waals surface area contributed by atoms with Gasteiger partial charge in [0.15, 0.2) is 0 Å². The fourth-order valence-electron chi connectivity index (χ4n) is 4.42. The van der Waals surface area contributed by atoms with Gasteiger partial charge in [0, 0.05) is 5.41 Å². The fourth-order valence-corrected chi connectivity index (χ4v) is 5.87. The Morgan fingerprint density at radius 1 is 0.381 bits per heavy atom. The van der Waals surface area contributed by atoms with Gasteiger partial charge in [-0.3, -0.25) is 0 Å². The van der Waals surface area contributed by atoms with Gasteiger partial charge in [-0.15, -0.1) is 16.8 Å². The molecule has 0 bridgehead atoms. The minimum absolute atomic E-state index is 0.0810. The SMILES string of the molecule is CC(c1ccccc1)(c1ccc(OS(=O)(=O)Oc2ccccc2)cc1)c1ccc(OS(=O)(=O)Oc2ccccc2)cc1. The molecule has 0 N–H and O–H groups in total. The van der Waals surface area contributed by atoms with Crippen molar-refractivity contribution in [3.8, 4) is 23.0 Å². The summed E-state index contributed by atoms with van der Waals surface area (Å²) in [6.45, 7) is 2.01. The lowest BCUT2D eigenvalue weighted by atomic mass is 9.71. The van der Waals surface area contributed by atoms with Gasteiger partial charge in [0.05, 0.1) is 0 Å². The Hall–Kier alpha value is -4.80. The van der Waals surface area contributed by atoms with Crippen molar-refractivity contribution in [1.82, 2.24) is 0 Å². The molecule has 0 unspecified atom stereocenters. The quantitative estimate of drug-likeness (QED) is 0.159. The highest BCUT2D eigenvalue weighted by molar-refractivity contribution is 7.82. The first-order valence-electron chi connectivity index (χ1n) is 12.8. The van der Waals surface area contributed by atoms with Crippen molar-refractivity contribution >= 4 is 20.8 Å². The Morgan fingerprint density at radius 2 is 0.643 bits per heavy atom. The van der Waals surface area contributed by atoms with Gasteiger partial charge in [-0.1, -0.05) is 91.0 Å². The van der Waals surface area contributed by atoms with Crippen molar-refractivity contribution in [2.24, 2.45) is 0 Å². The van der Waals surface area contributed by atoms with Gasteiger partial charge in [-0.2, -0.15) is 0 Å². The third kappa shape index (κ3) is 6.91. The molecule has 0 aliphatic rings. The smallest absolute Gasteiger partial charge is 0.353 e. The molecular formula is C32H26O8S2. The zero-order valence-electron chi connectivity index (χ0n) is 22.4. The first kappa shape index (κ1) is 28.7. The predicted molar refractivity (Wildman–Crippen MR) is 158 cm³/mol. The first-order valence-corrected chi connectivity index (χ1v) is 15.4. The lowest BCUT2D eigenvalue weighted by Gasteiger charge is -2.32. The van der Waals surface area contributed by atoms with Crippen LogP contribution in [0.1, 0.15) is 23.6 Å². The van der Waals surface area contributed by atoms with Crippen LogP contribution in [0.15, 0.2) is 140 Å². The topological polar surface area (TPSA) is 105 Å². The van der Waals surface area contributed by atoms with E-state index < -0.39 is 26.2 Å². The average molecular weight is 603 g/mol.